The topological polar surface area (TPSA) is 72.0 Å². The number of aromatic nitrogens is 1. The van der Waals surface area contributed by atoms with Gasteiger partial charge in [-0.25, -0.2) is 13.4 Å². The SMILES string of the molecule is COc1ccc(OC)c(-c2csc(N3CCN(S(=O)(=O)c4c(C)c(C)cc(C)c4C)CC3)n2)c1. The second-order valence-corrected chi connectivity index (χ2v) is 11.3. The molecule has 0 aliphatic carbocycles. The van der Waals surface area contributed by atoms with E-state index in [0.29, 0.717) is 31.1 Å². The van der Waals surface area contributed by atoms with Gasteiger partial charge in [0, 0.05) is 37.1 Å². The zero-order valence-corrected chi connectivity index (χ0v) is 22.1. The van der Waals surface area contributed by atoms with Gasteiger partial charge in [0.2, 0.25) is 10.0 Å². The average molecular weight is 502 g/mol. The minimum absolute atomic E-state index is 0.422. The van der Waals surface area contributed by atoms with Gasteiger partial charge in [0.15, 0.2) is 5.13 Å². The van der Waals surface area contributed by atoms with Crippen LogP contribution >= 0.6 is 11.3 Å². The minimum Gasteiger partial charge on any atom is -0.497 e. The van der Waals surface area contributed by atoms with Gasteiger partial charge in [-0.05, 0) is 68.1 Å². The van der Waals surface area contributed by atoms with Crippen molar-refractivity contribution in [3.8, 4) is 22.8 Å². The fraction of sp³-hybridized carbons (Fsp3) is 0.400. The van der Waals surface area contributed by atoms with Crippen molar-refractivity contribution in [3.05, 3.63) is 51.9 Å². The van der Waals surface area contributed by atoms with Crippen LogP contribution in [-0.2, 0) is 10.0 Å². The van der Waals surface area contributed by atoms with E-state index in [-0.39, 0.29) is 0 Å². The summed E-state index contributed by atoms with van der Waals surface area (Å²) in [6, 6.07) is 7.69. The predicted molar refractivity (Wildman–Crippen MR) is 137 cm³/mol. The largest absolute Gasteiger partial charge is 0.497 e. The molecule has 9 heteroatoms. The Morgan fingerprint density at radius 2 is 1.56 bits per heavy atom. The first-order valence-corrected chi connectivity index (χ1v) is 13.5. The second-order valence-electron chi connectivity index (χ2n) is 8.56. The molecule has 0 bridgehead atoms. The zero-order chi connectivity index (χ0) is 24.6. The molecule has 1 fully saturated rings. The predicted octanol–water partition coefficient (Wildman–Crippen LogP) is 4.57. The van der Waals surface area contributed by atoms with Crippen LogP contribution in [0.1, 0.15) is 22.3 Å². The molecule has 0 radical (unpaired) electrons. The standard InChI is InChI=1S/C25H31N3O4S2/c1-16-13-17(2)19(4)24(18(16)3)34(29,30)28-11-9-27(10-12-28)25-26-22(15-33-25)21-14-20(31-5)7-8-23(21)32-6/h7-8,13-15H,9-12H2,1-6H3. The Labute approximate surface area is 206 Å². The number of rotatable bonds is 6. The van der Waals surface area contributed by atoms with E-state index in [0.717, 1.165) is 50.1 Å². The number of anilines is 1. The fourth-order valence-corrected chi connectivity index (χ4v) is 7.24. The number of methoxy groups -OCH3 is 2. The Bertz CT molecular complexity index is 1280. The van der Waals surface area contributed by atoms with E-state index in [2.05, 4.69) is 11.0 Å². The number of aryl methyl sites for hydroxylation is 2. The van der Waals surface area contributed by atoms with Crippen LogP contribution in [0.5, 0.6) is 11.5 Å². The van der Waals surface area contributed by atoms with Crippen LogP contribution in [0, 0.1) is 27.7 Å². The van der Waals surface area contributed by atoms with Gasteiger partial charge in [0.1, 0.15) is 11.5 Å². The molecule has 34 heavy (non-hydrogen) atoms. The van der Waals surface area contributed by atoms with Crippen LogP contribution in [-0.4, -0.2) is 58.1 Å². The lowest BCUT2D eigenvalue weighted by atomic mass is 10.0. The van der Waals surface area contributed by atoms with E-state index >= 15 is 0 Å². The number of piperazine rings is 1. The molecule has 2 heterocycles. The highest BCUT2D eigenvalue weighted by Crippen LogP contribution is 2.36. The Kier molecular flexibility index (Phi) is 6.89. The summed E-state index contributed by atoms with van der Waals surface area (Å²) < 4.78 is 39.6. The Morgan fingerprint density at radius 3 is 2.15 bits per heavy atom. The minimum atomic E-state index is -3.57. The van der Waals surface area contributed by atoms with Crippen molar-refractivity contribution in [1.29, 1.82) is 0 Å². The zero-order valence-electron chi connectivity index (χ0n) is 20.5. The van der Waals surface area contributed by atoms with E-state index in [1.54, 1.807) is 29.9 Å². The van der Waals surface area contributed by atoms with E-state index in [1.165, 1.54) is 0 Å². The van der Waals surface area contributed by atoms with E-state index in [1.807, 2.05) is 51.3 Å². The molecule has 2 aromatic carbocycles. The summed E-state index contributed by atoms with van der Waals surface area (Å²) in [7, 11) is -0.301. The third-order valence-electron chi connectivity index (χ3n) is 6.58. The number of ether oxygens (including phenoxy) is 2. The van der Waals surface area contributed by atoms with Crippen molar-refractivity contribution in [2.45, 2.75) is 32.6 Å². The van der Waals surface area contributed by atoms with Crippen molar-refractivity contribution in [2.24, 2.45) is 0 Å². The van der Waals surface area contributed by atoms with Crippen LogP contribution in [0.3, 0.4) is 0 Å². The van der Waals surface area contributed by atoms with Crippen LogP contribution in [0.25, 0.3) is 11.3 Å². The van der Waals surface area contributed by atoms with Crippen molar-refractivity contribution in [2.75, 3.05) is 45.3 Å². The number of thiazole rings is 1. The molecule has 1 aliphatic rings. The first-order valence-electron chi connectivity index (χ1n) is 11.2. The summed E-state index contributed by atoms with van der Waals surface area (Å²) in [5, 5.41) is 2.87. The molecule has 0 spiro atoms. The van der Waals surface area contributed by atoms with Gasteiger partial charge < -0.3 is 14.4 Å². The highest BCUT2D eigenvalue weighted by Gasteiger charge is 2.32. The Morgan fingerprint density at radius 1 is 0.912 bits per heavy atom. The number of hydrogen-bond donors (Lipinski definition) is 0. The van der Waals surface area contributed by atoms with E-state index < -0.39 is 10.0 Å². The Balaban J connectivity index is 1.54. The molecular formula is C25H31N3O4S2. The summed E-state index contributed by atoms with van der Waals surface area (Å²) >= 11 is 1.55. The number of sulfonamides is 1. The van der Waals surface area contributed by atoms with Gasteiger partial charge in [-0.3, -0.25) is 0 Å². The molecule has 1 saturated heterocycles. The number of benzene rings is 2. The molecule has 0 amide bonds. The summed E-state index contributed by atoms with van der Waals surface area (Å²) in [6.07, 6.45) is 0. The van der Waals surface area contributed by atoms with Crippen LogP contribution in [0.15, 0.2) is 34.5 Å². The molecule has 182 valence electrons. The highest BCUT2D eigenvalue weighted by atomic mass is 32.2. The first-order chi connectivity index (χ1) is 16.2. The van der Waals surface area contributed by atoms with E-state index in [9.17, 15) is 8.42 Å². The maximum atomic E-state index is 13.6. The van der Waals surface area contributed by atoms with Gasteiger partial charge >= 0.3 is 0 Å². The summed E-state index contributed by atoms with van der Waals surface area (Å²) in [5.41, 5.74) is 5.36. The number of hydrogen-bond acceptors (Lipinski definition) is 7. The quantitative estimate of drug-likeness (QED) is 0.493. The van der Waals surface area contributed by atoms with Crippen LogP contribution < -0.4 is 14.4 Å². The van der Waals surface area contributed by atoms with Gasteiger partial charge in [0.05, 0.1) is 24.8 Å². The van der Waals surface area contributed by atoms with E-state index in [4.69, 9.17) is 14.5 Å². The molecule has 3 aromatic rings. The molecule has 0 unspecified atom stereocenters. The van der Waals surface area contributed by atoms with Crippen molar-refractivity contribution >= 4 is 26.5 Å². The van der Waals surface area contributed by atoms with Crippen LogP contribution in [0.2, 0.25) is 0 Å². The molecule has 1 aromatic heterocycles. The molecule has 0 saturated carbocycles. The van der Waals surface area contributed by atoms with Crippen LogP contribution in [0.4, 0.5) is 5.13 Å². The molecular weight excluding hydrogens is 470 g/mol. The summed E-state index contributed by atoms with van der Waals surface area (Å²) in [5.74, 6) is 1.47. The third-order valence-corrected chi connectivity index (χ3v) is 9.65. The lowest BCUT2D eigenvalue weighted by Crippen LogP contribution is -2.49. The normalized spacial score (nSPS) is 14.9. The van der Waals surface area contributed by atoms with Gasteiger partial charge in [-0.1, -0.05) is 6.07 Å². The molecule has 0 atom stereocenters. The van der Waals surface area contributed by atoms with Crippen molar-refractivity contribution < 1.29 is 17.9 Å². The molecule has 4 rings (SSSR count). The second kappa shape index (κ2) is 9.56. The summed E-state index contributed by atoms with van der Waals surface area (Å²) in [4.78, 5) is 7.43. The van der Waals surface area contributed by atoms with Gasteiger partial charge in [-0.15, -0.1) is 11.3 Å². The van der Waals surface area contributed by atoms with Gasteiger partial charge in [-0.2, -0.15) is 4.31 Å². The molecule has 0 N–H and O–H groups in total. The highest BCUT2D eigenvalue weighted by molar-refractivity contribution is 7.89. The summed E-state index contributed by atoms with van der Waals surface area (Å²) in [6.45, 7) is 9.75. The molecule has 1 aliphatic heterocycles. The number of nitrogens with zero attached hydrogens (tertiary/aromatic N) is 3. The van der Waals surface area contributed by atoms with Gasteiger partial charge in [0.25, 0.3) is 0 Å². The molecule has 7 nitrogen and oxygen atoms in total. The monoisotopic (exact) mass is 501 g/mol. The third kappa shape index (κ3) is 4.39. The maximum Gasteiger partial charge on any atom is 0.243 e. The average Bonchev–Trinajstić information content (AvgIpc) is 3.32. The lowest BCUT2D eigenvalue weighted by Gasteiger charge is -2.34. The van der Waals surface area contributed by atoms with Crippen molar-refractivity contribution in [1.82, 2.24) is 9.29 Å². The smallest absolute Gasteiger partial charge is 0.243 e. The Hall–Kier alpha value is -2.62. The first kappa shape index (κ1) is 24.5. The maximum absolute atomic E-state index is 13.6. The van der Waals surface area contributed by atoms with Crippen molar-refractivity contribution in [3.63, 3.8) is 0 Å². The fourth-order valence-electron chi connectivity index (χ4n) is 4.36. The lowest BCUT2D eigenvalue weighted by molar-refractivity contribution is 0.384.